The van der Waals surface area contributed by atoms with Gasteiger partial charge in [0.25, 0.3) is 11.5 Å². The third-order valence-corrected chi connectivity index (χ3v) is 4.03. The van der Waals surface area contributed by atoms with E-state index in [2.05, 4.69) is 20.4 Å². The minimum atomic E-state index is -0.395. The topological polar surface area (TPSA) is 116 Å². The molecule has 2 N–H and O–H groups in total. The standard InChI is InChI=1S/C20H20N6O2/c1-12-8-17(27)24-19(22-12)26-16(10-15(25-26)20(2,3)4)23-18(28)14-7-5-6-13(9-14)11-21/h5-10H,1-4H3,(H,23,28)(H,22,24,27). The number of aromatic nitrogens is 4. The number of rotatable bonds is 3. The predicted molar refractivity (Wildman–Crippen MR) is 105 cm³/mol. The fourth-order valence-corrected chi connectivity index (χ4v) is 2.58. The smallest absolute Gasteiger partial charge is 0.256 e. The van der Waals surface area contributed by atoms with Gasteiger partial charge in [-0.15, -0.1) is 0 Å². The van der Waals surface area contributed by atoms with Gasteiger partial charge >= 0.3 is 0 Å². The summed E-state index contributed by atoms with van der Waals surface area (Å²) < 4.78 is 1.40. The molecule has 0 radical (unpaired) electrons. The summed E-state index contributed by atoms with van der Waals surface area (Å²) in [5.74, 6) is 0.182. The summed E-state index contributed by atoms with van der Waals surface area (Å²) in [5, 5.41) is 16.4. The Balaban J connectivity index is 2.06. The number of aromatic amines is 1. The average Bonchev–Trinajstić information content (AvgIpc) is 3.05. The van der Waals surface area contributed by atoms with Crippen LogP contribution in [0.3, 0.4) is 0 Å². The second kappa shape index (κ2) is 7.12. The van der Waals surface area contributed by atoms with Gasteiger partial charge in [0.1, 0.15) is 5.82 Å². The number of nitriles is 1. The van der Waals surface area contributed by atoms with E-state index in [4.69, 9.17) is 5.26 Å². The highest BCUT2D eigenvalue weighted by molar-refractivity contribution is 6.04. The maximum atomic E-state index is 12.7. The molecule has 3 aromatic rings. The molecule has 2 heterocycles. The first-order valence-electron chi connectivity index (χ1n) is 8.68. The molecule has 0 aliphatic rings. The van der Waals surface area contributed by atoms with Crippen LogP contribution >= 0.6 is 0 Å². The number of carbonyl (C=O) groups excluding carboxylic acids is 1. The number of aryl methyl sites for hydroxylation is 1. The van der Waals surface area contributed by atoms with Gasteiger partial charge in [0.15, 0.2) is 0 Å². The Hall–Kier alpha value is -3.73. The first-order valence-corrected chi connectivity index (χ1v) is 8.68. The Bertz CT molecular complexity index is 1140. The Morgan fingerprint density at radius 2 is 2.00 bits per heavy atom. The lowest BCUT2D eigenvalue weighted by Gasteiger charge is -2.13. The van der Waals surface area contributed by atoms with Crippen molar-refractivity contribution in [3.8, 4) is 12.0 Å². The van der Waals surface area contributed by atoms with E-state index in [9.17, 15) is 9.59 Å². The maximum absolute atomic E-state index is 12.7. The van der Waals surface area contributed by atoms with Crippen LogP contribution in [0.2, 0.25) is 0 Å². The molecule has 8 nitrogen and oxygen atoms in total. The van der Waals surface area contributed by atoms with E-state index in [1.54, 1.807) is 31.2 Å². The molecular weight excluding hydrogens is 356 g/mol. The lowest BCUT2D eigenvalue weighted by atomic mass is 9.92. The molecule has 28 heavy (non-hydrogen) atoms. The number of hydrogen-bond donors (Lipinski definition) is 2. The van der Waals surface area contributed by atoms with Gasteiger partial charge in [-0.25, -0.2) is 4.98 Å². The maximum Gasteiger partial charge on any atom is 0.256 e. The number of H-pyrrole nitrogens is 1. The number of nitrogens with one attached hydrogen (secondary N) is 2. The highest BCUT2D eigenvalue weighted by Gasteiger charge is 2.22. The number of hydrogen-bond acceptors (Lipinski definition) is 5. The highest BCUT2D eigenvalue weighted by atomic mass is 16.1. The van der Waals surface area contributed by atoms with Crippen molar-refractivity contribution >= 4 is 11.7 Å². The van der Waals surface area contributed by atoms with Crippen molar-refractivity contribution in [1.82, 2.24) is 19.7 Å². The van der Waals surface area contributed by atoms with Gasteiger partial charge in [0, 0.05) is 28.8 Å². The Morgan fingerprint density at radius 1 is 1.25 bits per heavy atom. The molecule has 0 bridgehead atoms. The number of benzene rings is 1. The lowest BCUT2D eigenvalue weighted by molar-refractivity contribution is 0.102. The minimum absolute atomic E-state index is 0.210. The molecule has 1 amide bonds. The van der Waals surface area contributed by atoms with Gasteiger partial charge in [-0.05, 0) is 25.1 Å². The Kier molecular flexibility index (Phi) is 4.84. The van der Waals surface area contributed by atoms with Crippen molar-refractivity contribution < 1.29 is 4.79 Å². The average molecular weight is 376 g/mol. The summed E-state index contributed by atoms with van der Waals surface area (Å²) in [7, 11) is 0. The van der Waals surface area contributed by atoms with Crippen LogP contribution in [0.1, 0.15) is 48.1 Å². The van der Waals surface area contributed by atoms with Crippen LogP contribution in [-0.2, 0) is 5.41 Å². The minimum Gasteiger partial charge on any atom is -0.306 e. The van der Waals surface area contributed by atoms with Crippen molar-refractivity contribution in [2.45, 2.75) is 33.1 Å². The van der Waals surface area contributed by atoms with E-state index in [1.807, 2.05) is 26.8 Å². The highest BCUT2D eigenvalue weighted by Crippen LogP contribution is 2.25. The number of amides is 1. The summed E-state index contributed by atoms with van der Waals surface area (Å²) in [6.07, 6.45) is 0. The summed E-state index contributed by atoms with van der Waals surface area (Å²) >= 11 is 0. The number of anilines is 1. The van der Waals surface area contributed by atoms with Gasteiger partial charge in [-0.3, -0.25) is 14.6 Å². The van der Waals surface area contributed by atoms with Gasteiger partial charge in [0.05, 0.1) is 17.3 Å². The summed E-state index contributed by atoms with van der Waals surface area (Å²) in [4.78, 5) is 31.5. The van der Waals surface area contributed by atoms with Crippen LogP contribution in [0.4, 0.5) is 5.82 Å². The molecule has 0 unspecified atom stereocenters. The van der Waals surface area contributed by atoms with E-state index in [0.29, 0.717) is 22.6 Å². The third kappa shape index (κ3) is 3.99. The van der Waals surface area contributed by atoms with Crippen molar-refractivity contribution in [2.75, 3.05) is 5.32 Å². The molecule has 8 heteroatoms. The van der Waals surface area contributed by atoms with Gasteiger partial charge < -0.3 is 5.32 Å². The molecular formula is C20H20N6O2. The van der Waals surface area contributed by atoms with Crippen molar-refractivity contribution in [3.05, 3.63) is 69.3 Å². The summed E-state index contributed by atoms with van der Waals surface area (Å²) in [6, 6.07) is 11.5. The molecule has 0 saturated heterocycles. The molecule has 2 aromatic heterocycles. The molecule has 0 aliphatic heterocycles. The van der Waals surface area contributed by atoms with Gasteiger partial charge in [0.2, 0.25) is 5.95 Å². The molecule has 0 fully saturated rings. The molecule has 0 spiro atoms. The molecule has 1 aromatic carbocycles. The second-order valence-corrected chi connectivity index (χ2v) is 7.43. The van der Waals surface area contributed by atoms with Gasteiger partial charge in [-0.2, -0.15) is 15.0 Å². The van der Waals surface area contributed by atoms with Crippen LogP contribution in [0.25, 0.3) is 5.95 Å². The van der Waals surface area contributed by atoms with Crippen molar-refractivity contribution in [3.63, 3.8) is 0 Å². The molecule has 0 saturated carbocycles. The SMILES string of the molecule is Cc1cc(=O)[nH]c(-n2nc(C(C)(C)C)cc2NC(=O)c2cccc(C#N)c2)n1. The zero-order valence-electron chi connectivity index (χ0n) is 16.1. The second-order valence-electron chi connectivity index (χ2n) is 7.43. The predicted octanol–water partition coefficient (Wildman–Crippen LogP) is 2.69. The van der Waals surface area contributed by atoms with Crippen LogP contribution in [0, 0.1) is 18.3 Å². The van der Waals surface area contributed by atoms with Crippen molar-refractivity contribution in [1.29, 1.82) is 5.26 Å². The summed E-state index contributed by atoms with van der Waals surface area (Å²) in [5.41, 5.74) is 1.39. The quantitative estimate of drug-likeness (QED) is 0.729. The Labute approximate surface area is 161 Å². The number of carbonyl (C=O) groups is 1. The van der Waals surface area contributed by atoms with E-state index in [1.165, 1.54) is 16.8 Å². The Morgan fingerprint density at radius 3 is 2.64 bits per heavy atom. The fourth-order valence-electron chi connectivity index (χ4n) is 2.58. The summed E-state index contributed by atoms with van der Waals surface area (Å²) in [6.45, 7) is 7.69. The lowest BCUT2D eigenvalue weighted by Crippen LogP contribution is -2.19. The van der Waals surface area contributed by atoms with Crippen LogP contribution in [0.5, 0.6) is 0 Å². The molecule has 0 aliphatic carbocycles. The first kappa shape index (κ1) is 19.0. The van der Waals surface area contributed by atoms with Crippen molar-refractivity contribution in [2.24, 2.45) is 0 Å². The molecule has 0 atom stereocenters. The van der Waals surface area contributed by atoms with Crippen LogP contribution < -0.4 is 10.9 Å². The van der Waals surface area contributed by atoms with E-state index >= 15 is 0 Å². The van der Waals surface area contributed by atoms with E-state index < -0.39 is 5.91 Å². The monoisotopic (exact) mass is 376 g/mol. The molecule has 142 valence electrons. The number of nitrogens with zero attached hydrogens (tertiary/aromatic N) is 4. The first-order chi connectivity index (χ1) is 13.2. The normalized spacial score (nSPS) is 11.1. The molecule has 3 rings (SSSR count). The zero-order valence-corrected chi connectivity index (χ0v) is 16.1. The van der Waals surface area contributed by atoms with Gasteiger partial charge in [-0.1, -0.05) is 26.8 Å². The van der Waals surface area contributed by atoms with E-state index in [0.717, 1.165) is 5.69 Å². The zero-order chi connectivity index (χ0) is 20.5. The van der Waals surface area contributed by atoms with E-state index in [-0.39, 0.29) is 16.9 Å². The van der Waals surface area contributed by atoms with Crippen LogP contribution in [-0.4, -0.2) is 25.7 Å². The third-order valence-electron chi connectivity index (χ3n) is 4.03. The van der Waals surface area contributed by atoms with Crippen LogP contribution in [0.15, 0.2) is 41.2 Å². The fraction of sp³-hybridized carbons (Fsp3) is 0.250. The largest absolute Gasteiger partial charge is 0.306 e.